The summed E-state index contributed by atoms with van der Waals surface area (Å²) >= 11 is 0. The van der Waals surface area contributed by atoms with Gasteiger partial charge in [-0.3, -0.25) is 4.57 Å². The third-order valence-corrected chi connectivity index (χ3v) is 3.57. The molecule has 20 heavy (non-hydrogen) atoms. The van der Waals surface area contributed by atoms with Crippen LogP contribution in [-0.2, 0) is 17.7 Å². The monoisotopic (exact) mass is 269 g/mol. The number of benzene rings is 1. The van der Waals surface area contributed by atoms with E-state index in [1.54, 1.807) is 10.8 Å². The minimum atomic E-state index is -0.434. The van der Waals surface area contributed by atoms with Gasteiger partial charge in [0, 0.05) is 11.1 Å². The molecule has 0 saturated heterocycles. The second-order valence-electron chi connectivity index (χ2n) is 4.72. The van der Waals surface area contributed by atoms with Crippen molar-refractivity contribution in [2.45, 2.75) is 19.3 Å². The van der Waals surface area contributed by atoms with Crippen LogP contribution >= 0.6 is 0 Å². The van der Waals surface area contributed by atoms with E-state index in [0.717, 1.165) is 47.0 Å². The van der Waals surface area contributed by atoms with Crippen molar-refractivity contribution >= 4 is 23.1 Å². The van der Waals surface area contributed by atoms with Gasteiger partial charge < -0.3 is 10.6 Å². The van der Waals surface area contributed by atoms with E-state index >= 15 is 0 Å². The van der Waals surface area contributed by atoms with Gasteiger partial charge >= 0.3 is 6.03 Å². The van der Waals surface area contributed by atoms with E-state index in [1.807, 2.05) is 18.2 Å². The lowest BCUT2D eigenvalue weighted by atomic mass is 9.95. The van der Waals surface area contributed by atoms with Crippen LogP contribution in [0.1, 0.15) is 23.2 Å². The molecule has 1 aliphatic carbocycles. The van der Waals surface area contributed by atoms with Gasteiger partial charge in [-0.05, 0) is 48.9 Å². The zero-order valence-electron chi connectivity index (χ0n) is 11.2. The Morgan fingerprint density at radius 3 is 3.15 bits per heavy atom. The molecule has 0 saturated carbocycles. The van der Waals surface area contributed by atoms with Gasteiger partial charge in [0.25, 0.3) is 0 Å². The van der Waals surface area contributed by atoms with E-state index in [2.05, 4.69) is 11.6 Å². The van der Waals surface area contributed by atoms with Crippen LogP contribution in [0.4, 0.5) is 4.79 Å². The van der Waals surface area contributed by atoms with Gasteiger partial charge in [0.2, 0.25) is 0 Å². The number of fused-ring (bicyclic) bond motifs is 3. The lowest BCUT2D eigenvalue weighted by molar-refractivity contribution is 0.215. The van der Waals surface area contributed by atoms with Crippen molar-refractivity contribution in [1.29, 1.82) is 0 Å². The normalized spacial score (nSPS) is 14.7. The molecule has 2 N–H and O–H groups in total. The number of hydrogen-bond acceptors (Lipinski definition) is 3. The van der Waals surface area contributed by atoms with E-state index in [4.69, 9.17) is 10.6 Å². The maximum atomic E-state index is 11.7. The smallest absolute Gasteiger partial charge is 0.323 e. The van der Waals surface area contributed by atoms with E-state index < -0.39 is 6.03 Å². The summed E-state index contributed by atoms with van der Waals surface area (Å²) in [6.45, 7) is 0. The maximum absolute atomic E-state index is 11.7. The van der Waals surface area contributed by atoms with Gasteiger partial charge in [-0.2, -0.15) is 0 Å². The van der Waals surface area contributed by atoms with Crippen molar-refractivity contribution in [2.75, 3.05) is 7.11 Å². The number of nitrogens with zero attached hydrogens (tertiary/aromatic N) is 2. The first kappa shape index (κ1) is 12.7. The summed E-state index contributed by atoms with van der Waals surface area (Å²) in [5.74, 6) is 0. The molecule has 5 nitrogen and oxygen atoms in total. The number of oxime groups is 1. The van der Waals surface area contributed by atoms with Crippen molar-refractivity contribution in [3.05, 3.63) is 41.4 Å². The molecule has 0 spiro atoms. The average molecular weight is 269 g/mol. The largest absolute Gasteiger partial charge is 0.399 e. The molecular formula is C15H15N3O2. The molecule has 1 aliphatic rings. The van der Waals surface area contributed by atoms with Crippen molar-refractivity contribution in [3.8, 4) is 0 Å². The maximum Gasteiger partial charge on any atom is 0.323 e. The Kier molecular flexibility index (Phi) is 3.18. The Morgan fingerprint density at radius 1 is 1.55 bits per heavy atom. The van der Waals surface area contributed by atoms with Gasteiger partial charge in [0.05, 0.1) is 11.7 Å². The molecule has 1 aromatic carbocycles. The second kappa shape index (κ2) is 5.00. The van der Waals surface area contributed by atoms with Crippen molar-refractivity contribution in [1.82, 2.24) is 4.57 Å². The molecule has 0 bridgehead atoms. The van der Waals surface area contributed by atoms with Crippen LogP contribution in [0.15, 0.2) is 23.4 Å². The standard InChI is InChI=1S/C15H15N3O2/c1-20-17-9-10-6-7-14-12(8-10)11-4-2-3-5-13(11)18(14)15(16)19/h6-9H,3-5H2,1H3,(H2,16,19). The number of nitrogens with two attached hydrogens (primary N) is 1. The van der Waals surface area contributed by atoms with Crippen LogP contribution in [0.5, 0.6) is 0 Å². The van der Waals surface area contributed by atoms with E-state index in [-0.39, 0.29) is 0 Å². The number of amides is 1. The number of carbonyl (C=O) groups excluding carboxylic acids is 1. The summed E-state index contributed by atoms with van der Waals surface area (Å²) in [6.07, 6.45) is 7.37. The van der Waals surface area contributed by atoms with Crippen LogP contribution in [0, 0.1) is 6.42 Å². The average Bonchev–Trinajstić information content (AvgIpc) is 2.79. The second-order valence-corrected chi connectivity index (χ2v) is 4.72. The number of carbonyl (C=O) groups is 1. The minimum absolute atomic E-state index is 0.434. The highest BCUT2D eigenvalue weighted by molar-refractivity contribution is 5.98. The summed E-state index contributed by atoms with van der Waals surface area (Å²) in [7, 11) is 1.50. The molecule has 0 fully saturated rings. The molecule has 1 heterocycles. The molecule has 2 radical (unpaired) electrons. The lowest BCUT2D eigenvalue weighted by Gasteiger charge is -2.12. The van der Waals surface area contributed by atoms with Gasteiger partial charge in [0.15, 0.2) is 0 Å². The molecule has 0 unspecified atom stereocenters. The quantitative estimate of drug-likeness (QED) is 0.670. The fourth-order valence-electron chi connectivity index (χ4n) is 2.75. The van der Waals surface area contributed by atoms with Crippen molar-refractivity contribution < 1.29 is 9.63 Å². The van der Waals surface area contributed by atoms with Crippen LogP contribution in [-0.4, -0.2) is 23.9 Å². The first-order valence-electron chi connectivity index (χ1n) is 6.45. The van der Waals surface area contributed by atoms with Gasteiger partial charge in [-0.25, -0.2) is 4.79 Å². The Balaban J connectivity index is 2.24. The van der Waals surface area contributed by atoms with Gasteiger partial charge in [0.1, 0.15) is 7.11 Å². The molecule has 102 valence electrons. The highest BCUT2D eigenvalue weighted by atomic mass is 16.6. The highest BCUT2D eigenvalue weighted by Crippen LogP contribution is 2.32. The van der Waals surface area contributed by atoms with E-state index in [1.165, 1.54) is 7.11 Å². The number of aromatic nitrogens is 1. The van der Waals surface area contributed by atoms with Gasteiger partial charge in [-0.15, -0.1) is 0 Å². The van der Waals surface area contributed by atoms with Crippen molar-refractivity contribution in [2.24, 2.45) is 10.9 Å². The molecule has 5 heteroatoms. The summed E-state index contributed by atoms with van der Waals surface area (Å²) in [5.41, 5.74) is 9.44. The van der Waals surface area contributed by atoms with E-state index in [9.17, 15) is 4.79 Å². The third kappa shape index (κ3) is 1.95. The Hall–Kier alpha value is -2.30. The first-order valence-corrected chi connectivity index (χ1v) is 6.45. The highest BCUT2D eigenvalue weighted by Gasteiger charge is 2.22. The molecule has 0 atom stereocenters. The minimum Gasteiger partial charge on any atom is -0.399 e. The third-order valence-electron chi connectivity index (χ3n) is 3.57. The Bertz CT molecular complexity index is 701. The number of rotatable bonds is 2. The molecular weight excluding hydrogens is 254 g/mol. The van der Waals surface area contributed by atoms with Crippen LogP contribution in [0.25, 0.3) is 10.9 Å². The van der Waals surface area contributed by atoms with E-state index in [0.29, 0.717) is 0 Å². The predicted molar refractivity (Wildman–Crippen MR) is 76.8 cm³/mol. The predicted octanol–water partition coefficient (Wildman–Crippen LogP) is 2.12. The Morgan fingerprint density at radius 2 is 2.40 bits per heavy atom. The SMILES string of the molecule is CON=Cc1ccc2c(c1)c1c(n2C(N)=O)CC[C]C1. The molecule has 1 aromatic heterocycles. The topological polar surface area (TPSA) is 69.6 Å². The first-order chi connectivity index (χ1) is 9.72. The fraction of sp³-hybridized carbons (Fsp3) is 0.267. The summed E-state index contributed by atoms with van der Waals surface area (Å²) in [5, 5.41) is 4.80. The molecule has 3 rings (SSSR count). The zero-order chi connectivity index (χ0) is 14.1. The lowest BCUT2D eigenvalue weighted by Crippen LogP contribution is -2.22. The summed E-state index contributed by atoms with van der Waals surface area (Å²) in [6, 6.07) is 5.36. The summed E-state index contributed by atoms with van der Waals surface area (Å²) < 4.78 is 1.61. The van der Waals surface area contributed by atoms with Crippen LogP contribution < -0.4 is 5.73 Å². The van der Waals surface area contributed by atoms with Gasteiger partial charge in [-0.1, -0.05) is 11.2 Å². The molecule has 1 amide bonds. The fourth-order valence-corrected chi connectivity index (χ4v) is 2.75. The van der Waals surface area contributed by atoms with Crippen LogP contribution in [0.2, 0.25) is 0 Å². The van der Waals surface area contributed by atoms with Crippen LogP contribution in [0.3, 0.4) is 0 Å². The summed E-state index contributed by atoms with van der Waals surface area (Å²) in [4.78, 5) is 16.4. The van der Waals surface area contributed by atoms with Crippen molar-refractivity contribution in [3.63, 3.8) is 0 Å². The number of hydrogen-bond donors (Lipinski definition) is 1. The zero-order valence-corrected chi connectivity index (χ0v) is 11.2. The molecule has 0 aliphatic heterocycles. The number of primary amides is 1. The molecule has 2 aromatic rings. The Labute approximate surface area is 117 Å².